The number of hydrogen-bond donors (Lipinski definition) is 0. The highest BCUT2D eigenvalue weighted by molar-refractivity contribution is 5.89. The number of allylic oxidation sites excluding steroid dienone is 1. The number of rotatable bonds is 7. The second kappa shape index (κ2) is 8.34. The lowest BCUT2D eigenvalue weighted by Gasteiger charge is -2.12. The SMILES string of the molecule is CCCOC(=O)C(COC)=C(C)CC(C)C. The van der Waals surface area contributed by atoms with Gasteiger partial charge in [-0.2, -0.15) is 0 Å². The third-order valence-corrected chi connectivity index (χ3v) is 2.20. The fraction of sp³-hybridized carbons (Fsp3) is 0.769. The van der Waals surface area contributed by atoms with Crippen LogP contribution < -0.4 is 0 Å². The third kappa shape index (κ3) is 5.91. The number of carbonyl (C=O) groups is 1. The summed E-state index contributed by atoms with van der Waals surface area (Å²) in [6, 6.07) is 0. The normalized spacial score (nSPS) is 12.6. The summed E-state index contributed by atoms with van der Waals surface area (Å²) in [5.41, 5.74) is 1.74. The van der Waals surface area contributed by atoms with Gasteiger partial charge in [-0.3, -0.25) is 0 Å². The van der Waals surface area contributed by atoms with Crippen LogP contribution in [0.2, 0.25) is 0 Å². The molecule has 0 aromatic carbocycles. The van der Waals surface area contributed by atoms with Gasteiger partial charge in [0.25, 0.3) is 0 Å². The second-order valence-corrected chi connectivity index (χ2v) is 4.43. The first-order valence-corrected chi connectivity index (χ1v) is 5.87. The van der Waals surface area contributed by atoms with Gasteiger partial charge >= 0.3 is 5.97 Å². The van der Waals surface area contributed by atoms with Gasteiger partial charge in [0.2, 0.25) is 0 Å². The van der Waals surface area contributed by atoms with E-state index in [4.69, 9.17) is 9.47 Å². The van der Waals surface area contributed by atoms with Gasteiger partial charge in [-0.25, -0.2) is 4.79 Å². The van der Waals surface area contributed by atoms with Gasteiger partial charge < -0.3 is 9.47 Å². The fourth-order valence-electron chi connectivity index (χ4n) is 1.52. The van der Waals surface area contributed by atoms with Gasteiger partial charge in [0.1, 0.15) is 0 Å². The van der Waals surface area contributed by atoms with Gasteiger partial charge in [-0.1, -0.05) is 26.3 Å². The van der Waals surface area contributed by atoms with Crippen LogP contribution >= 0.6 is 0 Å². The van der Waals surface area contributed by atoms with Crippen molar-refractivity contribution in [2.75, 3.05) is 20.3 Å². The molecular weight excluding hydrogens is 204 g/mol. The molecule has 0 atom stereocenters. The monoisotopic (exact) mass is 228 g/mol. The molecule has 0 aliphatic rings. The summed E-state index contributed by atoms with van der Waals surface area (Å²) in [7, 11) is 1.59. The largest absolute Gasteiger partial charge is 0.462 e. The topological polar surface area (TPSA) is 35.5 Å². The van der Waals surface area contributed by atoms with Crippen LogP contribution in [-0.2, 0) is 14.3 Å². The molecule has 0 radical (unpaired) electrons. The van der Waals surface area contributed by atoms with Crippen molar-refractivity contribution in [3.63, 3.8) is 0 Å². The first-order valence-electron chi connectivity index (χ1n) is 5.87. The van der Waals surface area contributed by atoms with Gasteiger partial charge in [0.05, 0.1) is 18.8 Å². The van der Waals surface area contributed by atoms with Crippen molar-refractivity contribution in [2.24, 2.45) is 5.92 Å². The van der Waals surface area contributed by atoms with Crippen molar-refractivity contribution in [3.8, 4) is 0 Å². The van der Waals surface area contributed by atoms with Crippen molar-refractivity contribution in [3.05, 3.63) is 11.1 Å². The minimum absolute atomic E-state index is 0.234. The molecule has 0 amide bonds. The summed E-state index contributed by atoms with van der Waals surface area (Å²) >= 11 is 0. The van der Waals surface area contributed by atoms with Crippen LogP contribution in [0, 0.1) is 5.92 Å². The number of ether oxygens (including phenoxy) is 2. The van der Waals surface area contributed by atoms with E-state index in [9.17, 15) is 4.79 Å². The van der Waals surface area contributed by atoms with Crippen molar-refractivity contribution >= 4 is 5.97 Å². The molecule has 0 unspecified atom stereocenters. The van der Waals surface area contributed by atoms with E-state index >= 15 is 0 Å². The van der Waals surface area contributed by atoms with Crippen LogP contribution in [0.4, 0.5) is 0 Å². The van der Waals surface area contributed by atoms with Crippen LogP contribution in [-0.4, -0.2) is 26.3 Å². The molecule has 0 spiro atoms. The average molecular weight is 228 g/mol. The van der Waals surface area contributed by atoms with E-state index < -0.39 is 0 Å². The molecule has 0 aromatic heterocycles. The molecule has 0 aliphatic carbocycles. The van der Waals surface area contributed by atoms with E-state index in [1.54, 1.807) is 7.11 Å². The summed E-state index contributed by atoms with van der Waals surface area (Å²) in [4.78, 5) is 11.8. The van der Waals surface area contributed by atoms with Crippen LogP contribution in [0.1, 0.15) is 40.5 Å². The molecule has 0 heterocycles. The number of hydrogen-bond acceptors (Lipinski definition) is 3. The van der Waals surface area contributed by atoms with Crippen molar-refractivity contribution < 1.29 is 14.3 Å². The lowest BCUT2D eigenvalue weighted by molar-refractivity contribution is -0.139. The van der Waals surface area contributed by atoms with Gasteiger partial charge in [0, 0.05) is 7.11 Å². The van der Waals surface area contributed by atoms with Crippen molar-refractivity contribution in [2.45, 2.75) is 40.5 Å². The summed E-state index contributed by atoms with van der Waals surface area (Å²) in [5, 5.41) is 0. The Balaban J connectivity index is 4.62. The highest BCUT2D eigenvalue weighted by atomic mass is 16.5. The highest BCUT2D eigenvalue weighted by Gasteiger charge is 2.14. The first kappa shape index (κ1) is 15.2. The molecule has 0 aliphatic heterocycles. The van der Waals surface area contributed by atoms with Gasteiger partial charge in [0.15, 0.2) is 0 Å². The first-order chi connectivity index (χ1) is 7.52. The zero-order valence-electron chi connectivity index (χ0n) is 11.1. The van der Waals surface area contributed by atoms with Crippen LogP contribution in [0.3, 0.4) is 0 Å². The Morgan fingerprint density at radius 1 is 1.31 bits per heavy atom. The minimum Gasteiger partial charge on any atom is -0.462 e. The smallest absolute Gasteiger partial charge is 0.336 e. The molecule has 0 aromatic rings. The molecule has 0 rings (SSSR count). The van der Waals surface area contributed by atoms with Crippen LogP contribution in [0.5, 0.6) is 0 Å². The Hall–Kier alpha value is -0.830. The summed E-state index contributed by atoms with van der Waals surface area (Å²) in [6.45, 7) is 9.02. The Morgan fingerprint density at radius 3 is 2.38 bits per heavy atom. The summed E-state index contributed by atoms with van der Waals surface area (Å²) in [6.07, 6.45) is 1.75. The molecule has 0 N–H and O–H groups in total. The summed E-state index contributed by atoms with van der Waals surface area (Å²) < 4.78 is 10.2. The standard InChI is InChI=1S/C13H24O3/c1-6-7-16-13(14)12(9-15-5)11(4)8-10(2)3/h10H,6-9H2,1-5H3. The van der Waals surface area contributed by atoms with E-state index in [-0.39, 0.29) is 5.97 Å². The van der Waals surface area contributed by atoms with E-state index in [1.807, 2.05) is 13.8 Å². The molecule has 3 heteroatoms. The molecule has 0 bridgehead atoms. The molecule has 16 heavy (non-hydrogen) atoms. The van der Waals surface area contributed by atoms with Crippen LogP contribution in [0.25, 0.3) is 0 Å². The lowest BCUT2D eigenvalue weighted by Crippen LogP contribution is -2.15. The maximum atomic E-state index is 11.8. The quantitative estimate of drug-likeness (QED) is 0.496. The second-order valence-electron chi connectivity index (χ2n) is 4.43. The van der Waals surface area contributed by atoms with Gasteiger partial charge in [-0.15, -0.1) is 0 Å². The maximum absolute atomic E-state index is 11.8. The maximum Gasteiger partial charge on any atom is 0.336 e. The lowest BCUT2D eigenvalue weighted by atomic mass is 10.00. The molecule has 3 nitrogen and oxygen atoms in total. The Kier molecular flexibility index (Phi) is 7.90. The number of methoxy groups -OCH3 is 1. The minimum atomic E-state index is -0.234. The average Bonchev–Trinajstić information content (AvgIpc) is 2.21. The molecular formula is C13H24O3. The Labute approximate surface area is 98.8 Å². The molecule has 94 valence electrons. The Bertz CT molecular complexity index is 242. The number of carbonyl (C=O) groups excluding carboxylic acids is 1. The molecule has 0 saturated heterocycles. The molecule has 0 saturated carbocycles. The third-order valence-electron chi connectivity index (χ3n) is 2.20. The highest BCUT2D eigenvalue weighted by Crippen LogP contribution is 2.16. The van der Waals surface area contributed by atoms with E-state index in [0.717, 1.165) is 18.4 Å². The summed E-state index contributed by atoms with van der Waals surface area (Å²) in [5.74, 6) is 0.299. The van der Waals surface area contributed by atoms with Crippen molar-refractivity contribution in [1.29, 1.82) is 0 Å². The van der Waals surface area contributed by atoms with E-state index in [2.05, 4.69) is 13.8 Å². The van der Waals surface area contributed by atoms with Crippen molar-refractivity contribution in [1.82, 2.24) is 0 Å². The predicted octanol–water partition coefficient (Wildman–Crippen LogP) is 2.95. The Morgan fingerprint density at radius 2 is 1.94 bits per heavy atom. The van der Waals surface area contributed by atoms with E-state index in [1.165, 1.54) is 0 Å². The van der Waals surface area contributed by atoms with Gasteiger partial charge in [-0.05, 0) is 25.7 Å². The van der Waals surface area contributed by atoms with E-state index in [0.29, 0.717) is 24.7 Å². The fourth-order valence-corrected chi connectivity index (χ4v) is 1.52. The van der Waals surface area contributed by atoms with Crippen LogP contribution in [0.15, 0.2) is 11.1 Å². The zero-order chi connectivity index (χ0) is 12.6. The number of esters is 1. The molecule has 0 fully saturated rings. The zero-order valence-corrected chi connectivity index (χ0v) is 11.1. The predicted molar refractivity (Wildman–Crippen MR) is 65.3 cm³/mol.